The van der Waals surface area contributed by atoms with E-state index in [0.29, 0.717) is 11.3 Å². The fraction of sp³-hybridized carbons (Fsp3) is 0.222. The van der Waals surface area contributed by atoms with E-state index in [4.69, 9.17) is 16.7 Å². The molecule has 0 aromatic heterocycles. The normalized spacial score (nSPS) is 11.3. The summed E-state index contributed by atoms with van der Waals surface area (Å²) in [4.78, 5) is 32.7. The summed E-state index contributed by atoms with van der Waals surface area (Å²) in [5, 5.41) is 20.6. The number of rotatable bonds is 8. The number of hydrogen-bond acceptors (Lipinski definition) is 6. The van der Waals surface area contributed by atoms with Crippen molar-refractivity contribution >= 4 is 35.6 Å². The maximum atomic E-state index is 11.2. The number of methoxy groups -OCH3 is 1. The summed E-state index contributed by atoms with van der Waals surface area (Å²) in [7, 11) is 1.68. The molecular weight excluding hydrogens is 394 g/mol. The van der Waals surface area contributed by atoms with Crippen LogP contribution < -0.4 is 0 Å². The number of ether oxygens (including phenoxy) is 1. The Balaban J connectivity index is 0.00000153. The zero-order valence-corrected chi connectivity index (χ0v) is 16.7. The number of carbonyl (C=O) groups is 2. The van der Waals surface area contributed by atoms with Crippen molar-refractivity contribution in [3.8, 4) is 0 Å². The van der Waals surface area contributed by atoms with Crippen LogP contribution in [0.4, 0.5) is 0 Å². The van der Waals surface area contributed by atoms with E-state index in [0.717, 1.165) is 24.4 Å². The van der Waals surface area contributed by atoms with Gasteiger partial charge in [-0.15, -0.1) is 0 Å². The fourth-order valence-electron chi connectivity index (χ4n) is 1.52. The van der Waals surface area contributed by atoms with Gasteiger partial charge < -0.3 is 9.84 Å². The van der Waals surface area contributed by atoms with Crippen LogP contribution in [0.2, 0.25) is 5.02 Å². The van der Waals surface area contributed by atoms with E-state index in [1.165, 1.54) is 24.3 Å². The molecule has 0 heterocycles. The number of aromatic carboxylic acids is 1. The molecule has 0 aliphatic rings. The summed E-state index contributed by atoms with van der Waals surface area (Å²) < 4.78 is 4.54. The van der Waals surface area contributed by atoms with Gasteiger partial charge in [0.05, 0.1) is 15.4 Å². The highest BCUT2D eigenvalue weighted by Gasteiger charge is 2.20. The van der Waals surface area contributed by atoms with Crippen molar-refractivity contribution in [3.05, 3.63) is 73.8 Å². The molecule has 1 aromatic carbocycles. The molecule has 9 heteroatoms. The van der Waals surface area contributed by atoms with Crippen LogP contribution >= 0.6 is 23.4 Å². The number of hydrogen-bond donors (Lipinski definition) is 1. The number of benzene rings is 1. The van der Waals surface area contributed by atoms with E-state index in [2.05, 4.69) is 11.3 Å². The minimum Gasteiger partial charge on any atom is -0.478 e. The van der Waals surface area contributed by atoms with Gasteiger partial charge in [-0.3, -0.25) is 14.9 Å². The van der Waals surface area contributed by atoms with Crippen LogP contribution in [0.25, 0.3) is 0 Å². The molecule has 1 rings (SSSR count). The molecule has 7 nitrogen and oxygen atoms in total. The Morgan fingerprint density at radius 2 is 2.07 bits per heavy atom. The van der Waals surface area contributed by atoms with Gasteiger partial charge in [0.1, 0.15) is 6.29 Å². The highest BCUT2D eigenvalue weighted by atomic mass is 35.5. The average Bonchev–Trinajstić information content (AvgIpc) is 2.62. The van der Waals surface area contributed by atoms with Crippen LogP contribution in [0.3, 0.4) is 0 Å². The van der Waals surface area contributed by atoms with E-state index < -0.39 is 16.6 Å². The molecule has 0 aliphatic heterocycles. The van der Waals surface area contributed by atoms with Gasteiger partial charge in [-0.05, 0) is 32.0 Å². The molecule has 0 aliphatic carbocycles. The second-order valence-corrected chi connectivity index (χ2v) is 6.31. The number of allylic oxidation sites excluding steroid dienone is 3. The maximum Gasteiger partial charge on any atom is 0.336 e. The standard InChI is InChI=1S/C15H12ClNO5S.C3H8O/c1-3-10(8-18)6-13(17(21)22)9(2)23-14-7-11(16)4-5-12(14)15(19)20;1-3-4-2/h3-8H,2H2,1H3,(H,19,20);3H2,1-2H3/b10-3+,13-6+;. The average molecular weight is 414 g/mol. The molecule has 1 N–H and O–H groups in total. The monoisotopic (exact) mass is 413 g/mol. The predicted molar refractivity (Wildman–Crippen MR) is 106 cm³/mol. The molecular formula is C18H20ClNO6S. The summed E-state index contributed by atoms with van der Waals surface area (Å²) in [6, 6.07) is 4.10. The highest BCUT2D eigenvalue weighted by molar-refractivity contribution is 8.03. The second kappa shape index (κ2) is 12.9. The van der Waals surface area contributed by atoms with Crippen molar-refractivity contribution in [1.29, 1.82) is 0 Å². The number of aldehydes is 1. The first-order valence-corrected chi connectivity index (χ1v) is 8.77. The van der Waals surface area contributed by atoms with Crippen molar-refractivity contribution in [2.24, 2.45) is 0 Å². The van der Waals surface area contributed by atoms with Crippen LogP contribution in [-0.2, 0) is 9.53 Å². The van der Waals surface area contributed by atoms with Crippen molar-refractivity contribution in [2.45, 2.75) is 18.7 Å². The number of halogens is 1. The molecule has 0 bridgehead atoms. The van der Waals surface area contributed by atoms with E-state index in [-0.39, 0.29) is 20.9 Å². The number of carboxylic acids is 1. The summed E-state index contributed by atoms with van der Waals surface area (Å²) in [5.74, 6) is -1.19. The van der Waals surface area contributed by atoms with E-state index in [9.17, 15) is 19.7 Å². The molecule has 0 atom stereocenters. The largest absolute Gasteiger partial charge is 0.478 e. The van der Waals surface area contributed by atoms with Crippen LogP contribution in [0, 0.1) is 10.1 Å². The smallest absolute Gasteiger partial charge is 0.336 e. The van der Waals surface area contributed by atoms with Gasteiger partial charge in [-0.1, -0.05) is 36.0 Å². The van der Waals surface area contributed by atoms with Crippen molar-refractivity contribution in [2.75, 3.05) is 13.7 Å². The van der Waals surface area contributed by atoms with Crippen LogP contribution in [0.5, 0.6) is 0 Å². The lowest BCUT2D eigenvalue weighted by Crippen LogP contribution is -2.03. The van der Waals surface area contributed by atoms with Crippen LogP contribution in [0.1, 0.15) is 24.2 Å². The Hall–Kier alpha value is -2.42. The zero-order valence-electron chi connectivity index (χ0n) is 15.1. The quantitative estimate of drug-likeness (QED) is 0.166. The molecule has 0 unspecified atom stereocenters. The van der Waals surface area contributed by atoms with Crippen molar-refractivity contribution in [1.82, 2.24) is 0 Å². The van der Waals surface area contributed by atoms with Gasteiger partial charge >= 0.3 is 5.97 Å². The number of thioether (sulfide) groups is 1. The van der Waals surface area contributed by atoms with Gasteiger partial charge in [0, 0.05) is 35.3 Å². The number of nitro groups is 1. The van der Waals surface area contributed by atoms with Crippen molar-refractivity contribution in [3.63, 3.8) is 0 Å². The minimum absolute atomic E-state index is 0.0130. The lowest BCUT2D eigenvalue weighted by molar-refractivity contribution is -0.419. The molecule has 0 fully saturated rings. The lowest BCUT2D eigenvalue weighted by Gasteiger charge is -2.07. The predicted octanol–water partition coefficient (Wildman–Crippen LogP) is 4.60. The van der Waals surface area contributed by atoms with Crippen LogP contribution in [0.15, 0.2) is 58.0 Å². The Kier molecular flexibility index (Phi) is 11.7. The van der Waals surface area contributed by atoms with Crippen LogP contribution in [-0.4, -0.2) is 36.0 Å². The summed E-state index contributed by atoms with van der Waals surface area (Å²) in [6.45, 7) is 7.94. The van der Waals surface area contributed by atoms with E-state index >= 15 is 0 Å². The number of carboxylic acid groups (broad SMARTS) is 1. The Bertz CT molecular complexity index is 771. The fourth-order valence-corrected chi connectivity index (χ4v) is 2.71. The first-order valence-electron chi connectivity index (χ1n) is 7.58. The third-order valence-corrected chi connectivity index (χ3v) is 4.20. The first-order chi connectivity index (χ1) is 12.7. The van der Waals surface area contributed by atoms with Gasteiger partial charge in [0.15, 0.2) is 0 Å². The zero-order chi connectivity index (χ0) is 21.0. The Morgan fingerprint density at radius 1 is 1.48 bits per heavy atom. The number of nitrogens with zero attached hydrogens (tertiary/aromatic N) is 1. The third kappa shape index (κ3) is 8.67. The van der Waals surface area contributed by atoms with Gasteiger partial charge in [-0.25, -0.2) is 4.79 Å². The van der Waals surface area contributed by atoms with Gasteiger partial charge in [0.25, 0.3) is 5.70 Å². The highest BCUT2D eigenvalue weighted by Crippen LogP contribution is 2.35. The summed E-state index contributed by atoms with van der Waals surface area (Å²) in [6.07, 6.45) is 2.97. The number of carbonyl (C=O) groups excluding carboxylic acids is 1. The summed E-state index contributed by atoms with van der Waals surface area (Å²) >= 11 is 6.64. The SMILES string of the molecule is C=C(Sc1cc(Cl)ccc1C(=O)O)/C(=C\C(C=O)=C/C)[N+](=O)[O-].CCOC. The summed E-state index contributed by atoms with van der Waals surface area (Å²) in [5.41, 5.74) is -0.334. The molecule has 0 amide bonds. The lowest BCUT2D eigenvalue weighted by atomic mass is 10.2. The molecule has 0 saturated carbocycles. The molecule has 27 heavy (non-hydrogen) atoms. The second-order valence-electron chi connectivity index (χ2n) is 4.74. The molecule has 0 spiro atoms. The van der Waals surface area contributed by atoms with E-state index in [1.807, 2.05) is 6.92 Å². The molecule has 0 radical (unpaired) electrons. The minimum atomic E-state index is -1.19. The molecule has 146 valence electrons. The third-order valence-electron chi connectivity index (χ3n) is 2.95. The maximum absolute atomic E-state index is 11.2. The Morgan fingerprint density at radius 3 is 2.48 bits per heavy atom. The Labute approximate surface area is 166 Å². The van der Waals surface area contributed by atoms with Crippen molar-refractivity contribution < 1.29 is 24.4 Å². The molecule has 0 saturated heterocycles. The topological polar surface area (TPSA) is 107 Å². The van der Waals surface area contributed by atoms with Gasteiger partial charge in [-0.2, -0.15) is 0 Å². The molecule has 1 aromatic rings. The first kappa shape index (κ1) is 24.6. The van der Waals surface area contributed by atoms with Gasteiger partial charge in [0.2, 0.25) is 0 Å². The van der Waals surface area contributed by atoms with E-state index in [1.54, 1.807) is 14.0 Å².